The number of esters is 1. The number of ether oxygens (including phenoxy) is 2. The molecule has 0 fully saturated rings. The average molecular weight is 470 g/mol. The van der Waals surface area contributed by atoms with Crippen molar-refractivity contribution in [1.82, 2.24) is 10.1 Å². The van der Waals surface area contributed by atoms with E-state index in [9.17, 15) is 22.8 Å². The van der Waals surface area contributed by atoms with Crippen molar-refractivity contribution < 1.29 is 36.8 Å². The number of benzene rings is 2. The molecule has 3 aromatic rings. The Kier molecular flexibility index (Phi) is 6.98. The van der Waals surface area contributed by atoms with Gasteiger partial charge in [0.2, 0.25) is 11.7 Å². The van der Waals surface area contributed by atoms with Gasteiger partial charge in [-0.25, -0.2) is 4.79 Å². The smallest absolute Gasteiger partial charge is 0.417 e. The van der Waals surface area contributed by atoms with Gasteiger partial charge in [-0.05, 0) is 42.5 Å². The summed E-state index contributed by atoms with van der Waals surface area (Å²) in [6, 6.07) is 8.77. The summed E-state index contributed by atoms with van der Waals surface area (Å²) in [5.41, 5.74) is -1.08. The molecule has 2 aromatic carbocycles. The number of hydrogen-bond acceptors (Lipinski definition) is 7. The number of carbonyl (C=O) groups excluding carboxylic acids is 2. The maximum Gasteiger partial charge on any atom is 0.417 e. The average Bonchev–Trinajstić information content (AvgIpc) is 3.16. The zero-order valence-electron chi connectivity index (χ0n) is 16.4. The Bertz CT molecular complexity index is 1120. The van der Waals surface area contributed by atoms with E-state index >= 15 is 0 Å². The highest BCUT2D eigenvalue weighted by molar-refractivity contribution is 6.31. The molecule has 0 bridgehead atoms. The molecule has 12 heteroatoms. The fraction of sp³-hybridized carbons (Fsp3) is 0.200. The van der Waals surface area contributed by atoms with E-state index in [0.29, 0.717) is 23.5 Å². The molecule has 168 valence electrons. The van der Waals surface area contributed by atoms with Crippen LogP contribution in [0.1, 0.15) is 27.6 Å². The molecule has 0 saturated heterocycles. The highest BCUT2D eigenvalue weighted by atomic mass is 35.5. The van der Waals surface area contributed by atoms with Crippen molar-refractivity contribution in [2.75, 3.05) is 11.9 Å². The number of aryl methyl sites for hydroxylation is 1. The summed E-state index contributed by atoms with van der Waals surface area (Å²) in [6.07, 6.45) is -4.68. The third-order valence-electron chi connectivity index (χ3n) is 3.92. The molecule has 0 spiro atoms. The number of aromatic nitrogens is 2. The van der Waals surface area contributed by atoms with E-state index < -0.39 is 35.2 Å². The van der Waals surface area contributed by atoms with E-state index in [1.54, 1.807) is 6.92 Å². The van der Waals surface area contributed by atoms with E-state index in [4.69, 9.17) is 25.6 Å². The van der Waals surface area contributed by atoms with Crippen molar-refractivity contribution in [2.45, 2.75) is 19.7 Å². The van der Waals surface area contributed by atoms with Crippen LogP contribution in [0.15, 0.2) is 47.0 Å². The van der Waals surface area contributed by atoms with Gasteiger partial charge < -0.3 is 19.3 Å². The van der Waals surface area contributed by atoms with Crippen LogP contribution in [-0.4, -0.2) is 28.6 Å². The standard InChI is InChI=1S/C20H15ClF3N3O5/c1-11-25-17(27-32-11)9-30-14-5-2-12(3-6-14)19(29)31-10-18(28)26-13-4-7-16(21)15(8-13)20(22,23)24/h2-8H,9-10H2,1H3,(H,26,28). The van der Waals surface area contributed by atoms with Crippen LogP contribution in [0.2, 0.25) is 5.02 Å². The Morgan fingerprint density at radius 2 is 1.88 bits per heavy atom. The van der Waals surface area contributed by atoms with Crippen molar-refractivity contribution in [3.8, 4) is 5.75 Å². The molecule has 1 heterocycles. The first-order valence-electron chi connectivity index (χ1n) is 8.97. The van der Waals surface area contributed by atoms with Crippen molar-refractivity contribution in [3.63, 3.8) is 0 Å². The van der Waals surface area contributed by atoms with E-state index in [1.807, 2.05) is 0 Å². The molecule has 0 atom stereocenters. The van der Waals surface area contributed by atoms with Crippen LogP contribution in [0, 0.1) is 6.92 Å². The predicted molar refractivity (Wildman–Crippen MR) is 105 cm³/mol. The molecular weight excluding hydrogens is 455 g/mol. The molecule has 1 amide bonds. The number of amides is 1. The molecule has 0 radical (unpaired) electrons. The number of nitrogens with one attached hydrogen (secondary N) is 1. The minimum atomic E-state index is -4.68. The Morgan fingerprint density at radius 1 is 1.16 bits per heavy atom. The Morgan fingerprint density at radius 3 is 2.50 bits per heavy atom. The van der Waals surface area contributed by atoms with Gasteiger partial charge in [0, 0.05) is 12.6 Å². The van der Waals surface area contributed by atoms with Crippen molar-refractivity contribution in [3.05, 3.63) is 70.3 Å². The topological polar surface area (TPSA) is 104 Å². The van der Waals surface area contributed by atoms with Crippen LogP contribution < -0.4 is 10.1 Å². The van der Waals surface area contributed by atoms with Gasteiger partial charge >= 0.3 is 12.1 Å². The fourth-order valence-corrected chi connectivity index (χ4v) is 2.69. The molecule has 1 aromatic heterocycles. The Labute approximate surface area is 184 Å². The van der Waals surface area contributed by atoms with Crippen LogP contribution in [-0.2, 0) is 22.3 Å². The molecule has 32 heavy (non-hydrogen) atoms. The van der Waals surface area contributed by atoms with Crippen LogP contribution in [0.3, 0.4) is 0 Å². The number of hydrogen-bond donors (Lipinski definition) is 1. The van der Waals surface area contributed by atoms with Gasteiger partial charge in [0.1, 0.15) is 5.75 Å². The maximum absolute atomic E-state index is 12.9. The minimum Gasteiger partial charge on any atom is -0.485 e. The Balaban J connectivity index is 1.50. The molecule has 3 rings (SSSR count). The number of nitrogens with zero attached hydrogens (tertiary/aromatic N) is 2. The van der Waals surface area contributed by atoms with Crippen molar-refractivity contribution >= 4 is 29.2 Å². The largest absolute Gasteiger partial charge is 0.485 e. The molecule has 0 aliphatic rings. The van der Waals surface area contributed by atoms with Crippen LogP contribution >= 0.6 is 11.6 Å². The van der Waals surface area contributed by atoms with Crippen LogP contribution in [0.4, 0.5) is 18.9 Å². The third kappa shape index (κ3) is 6.20. The molecule has 0 unspecified atom stereocenters. The summed E-state index contributed by atoms with van der Waals surface area (Å²) >= 11 is 5.53. The summed E-state index contributed by atoms with van der Waals surface area (Å²) in [4.78, 5) is 28.0. The first-order valence-corrected chi connectivity index (χ1v) is 9.35. The highest BCUT2D eigenvalue weighted by Gasteiger charge is 2.33. The SMILES string of the molecule is Cc1nc(COc2ccc(C(=O)OCC(=O)Nc3ccc(Cl)c(C(F)(F)F)c3)cc2)no1. The number of alkyl halides is 3. The Hall–Kier alpha value is -3.60. The lowest BCUT2D eigenvalue weighted by molar-refractivity contribution is -0.137. The van der Waals surface area contributed by atoms with Gasteiger partial charge in [-0.1, -0.05) is 16.8 Å². The van der Waals surface area contributed by atoms with Crippen molar-refractivity contribution in [2.24, 2.45) is 0 Å². The lowest BCUT2D eigenvalue weighted by Crippen LogP contribution is -2.21. The molecule has 0 aliphatic heterocycles. The van der Waals surface area contributed by atoms with Crippen LogP contribution in [0.5, 0.6) is 5.75 Å². The lowest BCUT2D eigenvalue weighted by Gasteiger charge is -2.12. The van der Waals surface area contributed by atoms with E-state index in [1.165, 1.54) is 30.3 Å². The zero-order chi connectivity index (χ0) is 23.3. The van der Waals surface area contributed by atoms with Crippen LogP contribution in [0.25, 0.3) is 0 Å². The number of anilines is 1. The number of carbonyl (C=O) groups is 2. The van der Waals surface area contributed by atoms with Gasteiger partial charge in [-0.3, -0.25) is 4.79 Å². The molecule has 0 aliphatic carbocycles. The minimum absolute atomic E-state index is 0.0715. The first kappa shape index (κ1) is 23.1. The number of halogens is 4. The quantitative estimate of drug-likeness (QED) is 0.511. The molecule has 0 saturated carbocycles. The zero-order valence-corrected chi connectivity index (χ0v) is 17.2. The van der Waals surface area contributed by atoms with E-state index in [2.05, 4.69) is 15.5 Å². The predicted octanol–water partition coefficient (Wildman–Crippen LogP) is 4.42. The summed E-state index contributed by atoms with van der Waals surface area (Å²) in [6.45, 7) is 1.02. The summed E-state index contributed by atoms with van der Waals surface area (Å²) in [7, 11) is 0. The third-order valence-corrected chi connectivity index (χ3v) is 4.25. The summed E-state index contributed by atoms with van der Waals surface area (Å²) in [5.74, 6) is -0.413. The molecular formula is C20H15ClF3N3O5. The second kappa shape index (κ2) is 9.69. The van der Waals surface area contributed by atoms with Gasteiger partial charge in [-0.15, -0.1) is 0 Å². The normalized spacial score (nSPS) is 11.2. The van der Waals surface area contributed by atoms with Gasteiger partial charge in [0.25, 0.3) is 5.91 Å². The van der Waals surface area contributed by atoms with Gasteiger partial charge in [-0.2, -0.15) is 18.2 Å². The second-order valence-electron chi connectivity index (χ2n) is 6.36. The van der Waals surface area contributed by atoms with Gasteiger partial charge in [0.05, 0.1) is 16.1 Å². The monoisotopic (exact) mass is 469 g/mol. The van der Waals surface area contributed by atoms with E-state index in [-0.39, 0.29) is 17.9 Å². The van der Waals surface area contributed by atoms with Crippen molar-refractivity contribution in [1.29, 1.82) is 0 Å². The fourth-order valence-electron chi connectivity index (χ4n) is 2.47. The molecule has 8 nitrogen and oxygen atoms in total. The van der Waals surface area contributed by atoms with E-state index in [0.717, 1.165) is 6.07 Å². The highest BCUT2D eigenvalue weighted by Crippen LogP contribution is 2.36. The second-order valence-corrected chi connectivity index (χ2v) is 6.77. The molecule has 1 N–H and O–H groups in total. The first-order chi connectivity index (χ1) is 15.1. The maximum atomic E-state index is 12.9. The lowest BCUT2D eigenvalue weighted by atomic mass is 10.2. The summed E-state index contributed by atoms with van der Waals surface area (Å²) < 4.78 is 53.8. The number of rotatable bonds is 7. The summed E-state index contributed by atoms with van der Waals surface area (Å²) in [5, 5.41) is 5.40. The van der Waals surface area contributed by atoms with Gasteiger partial charge in [0.15, 0.2) is 13.2 Å².